The van der Waals surface area contributed by atoms with Gasteiger partial charge >= 0.3 is 0 Å². The van der Waals surface area contributed by atoms with Crippen molar-refractivity contribution in [2.45, 2.75) is 0 Å². The van der Waals surface area contributed by atoms with Crippen molar-refractivity contribution < 1.29 is 13.9 Å². The zero-order chi connectivity index (χ0) is 40.3. The summed E-state index contributed by atoms with van der Waals surface area (Å²) in [6.07, 6.45) is 5.29. The van der Waals surface area contributed by atoms with Gasteiger partial charge < -0.3 is 24.4 Å². The molecule has 0 aliphatic carbocycles. The molecule has 288 valence electrons. The van der Waals surface area contributed by atoms with Crippen LogP contribution in [-0.2, 0) is 0 Å². The third kappa shape index (κ3) is 9.89. The first-order valence-corrected chi connectivity index (χ1v) is 18.9. The van der Waals surface area contributed by atoms with Crippen molar-refractivity contribution in [3.8, 4) is 79.4 Å². The number of nitrogens with one attached hydrogen (secondary N) is 3. The zero-order valence-corrected chi connectivity index (χ0v) is 33.0. The topological polar surface area (TPSA) is 104 Å². The Hall–Kier alpha value is -6.94. The number of rotatable bonds is 8. The first kappa shape index (κ1) is 39.3. The molecule has 0 amide bonds. The van der Waals surface area contributed by atoms with E-state index in [4.69, 9.17) is 32.7 Å². The molecule has 0 saturated carbocycles. The lowest BCUT2D eigenvalue weighted by molar-refractivity contribution is 0.411. The molecule has 0 atom stereocenters. The summed E-state index contributed by atoms with van der Waals surface area (Å²) in [6.45, 7) is 0. The number of halogens is 3. The monoisotopic (exact) mass is 806 g/mol. The maximum absolute atomic E-state index is 14.0. The van der Waals surface area contributed by atoms with E-state index in [-0.39, 0.29) is 5.82 Å². The molecule has 58 heavy (non-hydrogen) atoms. The Labute approximate surface area is 345 Å². The summed E-state index contributed by atoms with van der Waals surface area (Å²) in [5.41, 5.74) is 8.27. The third-order valence-electron chi connectivity index (χ3n) is 8.96. The molecule has 3 aromatic heterocycles. The number of aromatic nitrogens is 6. The van der Waals surface area contributed by atoms with Crippen LogP contribution < -0.4 is 9.47 Å². The van der Waals surface area contributed by atoms with Gasteiger partial charge in [0.25, 0.3) is 0 Å². The highest BCUT2D eigenvalue weighted by Gasteiger charge is 2.11. The van der Waals surface area contributed by atoms with E-state index in [0.29, 0.717) is 17.0 Å². The number of ether oxygens (including phenoxy) is 2. The molecule has 0 bridgehead atoms. The van der Waals surface area contributed by atoms with E-state index in [2.05, 4.69) is 29.9 Å². The SMILES string of the molecule is COc1ccc(-c2cnc(-c3ccccc3)[nH]2)c(F)c1.COc1ccc(-c2ncc(-c3ccc(Cl)cc3)[nH]2)cc1.Clc1ccc(-c2cnc(-c3ccccc3)[nH]2)cc1. The molecular formula is C47H37Cl2FN6O2. The average molecular weight is 808 g/mol. The van der Waals surface area contributed by atoms with Crippen molar-refractivity contribution in [1.29, 1.82) is 0 Å². The van der Waals surface area contributed by atoms with Gasteiger partial charge in [0.2, 0.25) is 0 Å². The molecule has 0 aliphatic heterocycles. The fourth-order valence-corrected chi connectivity index (χ4v) is 6.13. The first-order chi connectivity index (χ1) is 28.4. The van der Waals surface area contributed by atoms with Crippen molar-refractivity contribution in [3.05, 3.63) is 186 Å². The van der Waals surface area contributed by atoms with Gasteiger partial charge in [-0.15, -0.1) is 0 Å². The highest BCUT2D eigenvalue weighted by molar-refractivity contribution is 6.30. The van der Waals surface area contributed by atoms with Crippen molar-refractivity contribution >= 4 is 23.2 Å². The molecule has 0 fully saturated rings. The molecule has 11 heteroatoms. The Kier molecular flexibility index (Phi) is 12.7. The Morgan fingerprint density at radius 1 is 0.431 bits per heavy atom. The summed E-state index contributed by atoms with van der Waals surface area (Å²) < 4.78 is 24.1. The molecule has 0 aliphatic rings. The van der Waals surface area contributed by atoms with Crippen LogP contribution in [0.2, 0.25) is 10.0 Å². The van der Waals surface area contributed by atoms with E-state index >= 15 is 0 Å². The van der Waals surface area contributed by atoms with Crippen LogP contribution in [0.3, 0.4) is 0 Å². The molecule has 3 N–H and O–H groups in total. The van der Waals surface area contributed by atoms with Crippen molar-refractivity contribution in [1.82, 2.24) is 29.9 Å². The van der Waals surface area contributed by atoms with E-state index in [1.54, 1.807) is 25.4 Å². The number of hydrogen-bond acceptors (Lipinski definition) is 5. The lowest BCUT2D eigenvalue weighted by Gasteiger charge is -2.03. The van der Waals surface area contributed by atoms with Gasteiger partial charge in [-0.1, -0.05) is 108 Å². The molecule has 9 aromatic rings. The average Bonchev–Trinajstić information content (AvgIpc) is 4.08. The second kappa shape index (κ2) is 18.8. The Bertz CT molecular complexity index is 2660. The second-order valence-electron chi connectivity index (χ2n) is 12.8. The molecule has 8 nitrogen and oxygen atoms in total. The van der Waals surface area contributed by atoms with Crippen LogP contribution in [0.25, 0.3) is 67.9 Å². The van der Waals surface area contributed by atoms with Crippen LogP contribution in [0.5, 0.6) is 11.5 Å². The van der Waals surface area contributed by atoms with Gasteiger partial charge in [0, 0.05) is 38.4 Å². The van der Waals surface area contributed by atoms with Gasteiger partial charge in [-0.2, -0.15) is 0 Å². The summed E-state index contributed by atoms with van der Waals surface area (Å²) >= 11 is 11.8. The van der Waals surface area contributed by atoms with Gasteiger partial charge in [-0.3, -0.25) is 0 Å². The molecule has 0 saturated heterocycles. The number of imidazole rings is 3. The maximum Gasteiger partial charge on any atom is 0.137 e. The third-order valence-corrected chi connectivity index (χ3v) is 9.47. The smallest absolute Gasteiger partial charge is 0.137 e. The van der Waals surface area contributed by atoms with Gasteiger partial charge in [-0.25, -0.2) is 19.3 Å². The largest absolute Gasteiger partial charge is 0.497 e. The number of nitrogens with zero attached hydrogens (tertiary/aromatic N) is 3. The molecule has 0 radical (unpaired) electrons. The van der Waals surface area contributed by atoms with Crippen molar-refractivity contribution in [3.63, 3.8) is 0 Å². The minimum absolute atomic E-state index is 0.340. The summed E-state index contributed by atoms with van der Waals surface area (Å²) in [7, 11) is 3.17. The molecule has 0 spiro atoms. The maximum atomic E-state index is 14.0. The lowest BCUT2D eigenvalue weighted by Crippen LogP contribution is -1.88. The Morgan fingerprint density at radius 3 is 1.24 bits per heavy atom. The van der Waals surface area contributed by atoms with E-state index in [1.807, 2.05) is 146 Å². The highest BCUT2D eigenvalue weighted by atomic mass is 35.5. The molecular weight excluding hydrogens is 770 g/mol. The fraction of sp³-hybridized carbons (Fsp3) is 0.0426. The number of benzene rings is 6. The molecule has 9 rings (SSSR count). The quantitative estimate of drug-likeness (QED) is 0.142. The van der Waals surface area contributed by atoms with Crippen molar-refractivity contribution in [2.75, 3.05) is 14.2 Å². The van der Waals surface area contributed by atoms with Crippen LogP contribution in [0, 0.1) is 5.82 Å². The summed E-state index contributed by atoms with van der Waals surface area (Å²) in [6, 6.07) is 47.7. The lowest BCUT2D eigenvalue weighted by atomic mass is 10.1. The molecule has 6 aromatic carbocycles. The van der Waals surface area contributed by atoms with Crippen molar-refractivity contribution in [2.24, 2.45) is 0 Å². The van der Waals surface area contributed by atoms with Gasteiger partial charge in [-0.05, 0) is 71.8 Å². The van der Waals surface area contributed by atoms with Crippen LogP contribution in [0.15, 0.2) is 170 Å². The van der Waals surface area contributed by atoms with Gasteiger partial charge in [0.1, 0.15) is 34.8 Å². The summed E-state index contributed by atoms with van der Waals surface area (Å²) in [4.78, 5) is 22.9. The van der Waals surface area contributed by atoms with E-state index in [1.165, 1.54) is 13.2 Å². The normalized spacial score (nSPS) is 10.5. The first-order valence-electron chi connectivity index (χ1n) is 18.1. The van der Waals surface area contributed by atoms with Crippen LogP contribution in [-0.4, -0.2) is 44.1 Å². The predicted molar refractivity (Wildman–Crippen MR) is 231 cm³/mol. The summed E-state index contributed by atoms with van der Waals surface area (Å²) in [5, 5.41) is 1.46. The number of H-pyrrole nitrogens is 3. The second-order valence-corrected chi connectivity index (χ2v) is 13.6. The number of methoxy groups -OCH3 is 2. The van der Waals surface area contributed by atoms with Crippen LogP contribution in [0.1, 0.15) is 0 Å². The van der Waals surface area contributed by atoms with Crippen LogP contribution >= 0.6 is 23.2 Å². The minimum atomic E-state index is -0.340. The number of aromatic amines is 3. The molecule has 0 unspecified atom stereocenters. The Morgan fingerprint density at radius 2 is 0.810 bits per heavy atom. The van der Waals surface area contributed by atoms with E-state index in [0.717, 1.165) is 72.5 Å². The zero-order valence-electron chi connectivity index (χ0n) is 31.5. The minimum Gasteiger partial charge on any atom is -0.497 e. The van der Waals surface area contributed by atoms with E-state index < -0.39 is 0 Å². The standard InChI is InChI=1S/C16H13ClN2O.C16H13FN2O.C15H11ClN2/c1-20-14-8-4-12(5-9-14)16-18-10-15(19-16)11-2-6-13(17)7-3-11;1-20-12-7-8-13(14(17)9-12)15-10-18-16(19-15)11-5-3-2-4-6-11;16-13-8-6-11(7-9-13)14-10-17-15(18-14)12-4-2-1-3-5-12/h2*2-10H,1H3,(H,18,19);1-10H,(H,17,18). The number of hydrogen-bond donors (Lipinski definition) is 3. The molecule has 3 heterocycles. The van der Waals surface area contributed by atoms with Gasteiger partial charge in [0.15, 0.2) is 0 Å². The van der Waals surface area contributed by atoms with E-state index in [9.17, 15) is 4.39 Å². The predicted octanol–water partition coefficient (Wildman–Crippen LogP) is 12.7. The fourth-order valence-electron chi connectivity index (χ4n) is 5.88. The Balaban J connectivity index is 0.000000133. The van der Waals surface area contributed by atoms with Crippen LogP contribution in [0.4, 0.5) is 4.39 Å². The summed E-state index contributed by atoms with van der Waals surface area (Å²) in [5.74, 6) is 3.41. The van der Waals surface area contributed by atoms with Gasteiger partial charge in [0.05, 0.1) is 49.9 Å². The highest BCUT2D eigenvalue weighted by Crippen LogP contribution is 2.28.